The summed E-state index contributed by atoms with van der Waals surface area (Å²) in [6.45, 7) is 0.161. The first-order chi connectivity index (χ1) is 11.9. The minimum absolute atomic E-state index is 0.0114. The number of ether oxygens (including phenoxy) is 2. The Hall–Kier alpha value is -2.81. The van der Waals surface area contributed by atoms with Gasteiger partial charge in [-0.25, -0.2) is 5.10 Å². The molecule has 25 heavy (non-hydrogen) atoms. The van der Waals surface area contributed by atoms with Gasteiger partial charge in [0.25, 0.3) is 0 Å². The number of alkyl halides is 3. The van der Waals surface area contributed by atoms with E-state index in [0.29, 0.717) is 5.82 Å². The molecule has 1 N–H and O–H groups in total. The van der Waals surface area contributed by atoms with E-state index in [0.717, 1.165) is 23.3 Å². The Morgan fingerprint density at radius 1 is 1.12 bits per heavy atom. The van der Waals surface area contributed by atoms with Gasteiger partial charge in [0, 0.05) is 11.6 Å². The molecule has 0 aliphatic heterocycles. The fourth-order valence-corrected chi connectivity index (χ4v) is 2.27. The number of hydrogen-bond donors (Lipinski definition) is 1. The lowest BCUT2D eigenvalue weighted by Crippen LogP contribution is -2.17. The standard InChI is InChI=1S/C15H10ClF3N4O2/c16-12-7-11(25-15(17,18)19)4-5-13(12)24-8-9-2-1-3-10(6-9)14-20-22-23-21-14/h1-7H,8H2,(H,20,21,22,23). The van der Waals surface area contributed by atoms with E-state index in [-0.39, 0.29) is 17.4 Å². The van der Waals surface area contributed by atoms with E-state index in [1.807, 2.05) is 18.2 Å². The molecule has 0 fully saturated rings. The first kappa shape index (κ1) is 17.0. The van der Waals surface area contributed by atoms with Crippen LogP contribution in [-0.4, -0.2) is 27.0 Å². The number of nitrogens with zero attached hydrogens (tertiary/aromatic N) is 3. The Kier molecular flexibility index (Phi) is 4.75. The summed E-state index contributed by atoms with van der Waals surface area (Å²) < 4.78 is 45.9. The first-order valence-electron chi connectivity index (χ1n) is 6.92. The second-order valence-corrected chi connectivity index (χ2v) is 5.29. The van der Waals surface area contributed by atoms with E-state index in [1.54, 1.807) is 6.07 Å². The van der Waals surface area contributed by atoms with E-state index >= 15 is 0 Å². The fourth-order valence-electron chi connectivity index (χ4n) is 2.05. The average Bonchev–Trinajstić information content (AvgIpc) is 3.07. The number of halogens is 4. The van der Waals surface area contributed by atoms with Crippen molar-refractivity contribution < 1.29 is 22.6 Å². The molecule has 0 unspecified atom stereocenters. The molecule has 10 heteroatoms. The summed E-state index contributed by atoms with van der Waals surface area (Å²) in [5.74, 6) is 0.334. The van der Waals surface area contributed by atoms with Gasteiger partial charge in [0.1, 0.15) is 18.1 Å². The number of aromatic amines is 1. The number of H-pyrrole nitrogens is 1. The van der Waals surface area contributed by atoms with Crippen molar-refractivity contribution in [3.63, 3.8) is 0 Å². The van der Waals surface area contributed by atoms with E-state index in [4.69, 9.17) is 16.3 Å². The van der Waals surface area contributed by atoms with Crippen molar-refractivity contribution in [1.29, 1.82) is 0 Å². The second kappa shape index (κ2) is 6.98. The van der Waals surface area contributed by atoms with Crippen LogP contribution in [0.25, 0.3) is 11.4 Å². The van der Waals surface area contributed by atoms with Crippen LogP contribution in [-0.2, 0) is 6.61 Å². The maximum absolute atomic E-state index is 12.2. The molecule has 0 amide bonds. The van der Waals surface area contributed by atoms with E-state index in [9.17, 15) is 13.2 Å². The number of rotatable bonds is 5. The summed E-state index contributed by atoms with van der Waals surface area (Å²) in [7, 11) is 0. The van der Waals surface area contributed by atoms with Crippen molar-refractivity contribution in [3.8, 4) is 22.9 Å². The van der Waals surface area contributed by atoms with Crippen LogP contribution in [0.2, 0.25) is 5.02 Å². The molecule has 3 aromatic rings. The lowest BCUT2D eigenvalue weighted by Gasteiger charge is -2.12. The Balaban J connectivity index is 1.69. The van der Waals surface area contributed by atoms with Crippen molar-refractivity contribution in [2.45, 2.75) is 13.0 Å². The van der Waals surface area contributed by atoms with Crippen LogP contribution in [0.5, 0.6) is 11.5 Å². The van der Waals surface area contributed by atoms with Crippen LogP contribution in [0.1, 0.15) is 5.56 Å². The van der Waals surface area contributed by atoms with Crippen LogP contribution >= 0.6 is 11.6 Å². The van der Waals surface area contributed by atoms with Crippen molar-refractivity contribution in [3.05, 3.63) is 53.1 Å². The van der Waals surface area contributed by atoms with Gasteiger partial charge in [0.05, 0.1) is 5.02 Å². The highest BCUT2D eigenvalue weighted by atomic mass is 35.5. The zero-order valence-electron chi connectivity index (χ0n) is 12.4. The smallest absolute Gasteiger partial charge is 0.487 e. The van der Waals surface area contributed by atoms with Crippen molar-refractivity contribution in [2.75, 3.05) is 0 Å². The quantitative estimate of drug-likeness (QED) is 0.735. The topological polar surface area (TPSA) is 72.9 Å². The molecule has 0 bridgehead atoms. The molecule has 0 saturated heterocycles. The van der Waals surface area contributed by atoms with Gasteiger partial charge in [-0.3, -0.25) is 0 Å². The van der Waals surface area contributed by atoms with Crippen LogP contribution < -0.4 is 9.47 Å². The number of tetrazole rings is 1. The highest BCUT2D eigenvalue weighted by Gasteiger charge is 2.31. The summed E-state index contributed by atoms with van der Waals surface area (Å²) >= 11 is 5.93. The Labute approximate surface area is 144 Å². The number of benzene rings is 2. The molecule has 0 aliphatic rings. The summed E-state index contributed by atoms with van der Waals surface area (Å²) in [4.78, 5) is 0. The number of hydrogen-bond acceptors (Lipinski definition) is 5. The van der Waals surface area contributed by atoms with Crippen LogP contribution in [0.15, 0.2) is 42.5 Å². The maximum Gasteiger partial charge on any atom is 0.573 e. The van der Waals surface area contributed by atoms with Crippen molar-refractivity contribution in [1.82, 2.24) is 20.6 Å². The molecule has 0 radical (unpaired) electrons. The Morgan fingerprint density at radius 2 is 1.96 bits per heavy atom. The number of aromatic nitrogens is 4. The number of nitrogens with one attached hydrogen (secondary N) is 1. The molecule has 2 aromatic carbocycles. The normalized spacial score (nSPS) is 11.4. The third-order valence-electron chi connectivity index (χ3n) is 3.08. The SMILES string of the molecule is FC(F)(F)Oc1ccc(OCc2cccc(-c3nnn[nH]3)c2)c(Cl)c1. The Bertz CT molecular complexity index is 856. The van der Waals surface area contributed by atoms with Crippen LogP contribution in [0.4, 0.5) is 13.2 Å². The predicted molar refractivity (Wildman–Crippen MR) is 82.1 cm³/mol. The molecule has 0 atom stereocenters. The summed E-state index contributed by atoms with van der Waals surface area (Å²) in [5, 5.41) is 13.5. The van der Waals surface area contributed by atoms with Crippen molar-refractivity contribution >= 4 is 11.6 Å². The van der Waals surface area contributed by atoms with Gasteiger partial charge in [-0.15, -0.1) is 18.3 Å². The van der Waals surface area contributed by atoms with Gasteiger partial charge in [0.2, 0.25) is 0 Å². The molecule has 1 heterocycles. The molecule has 0 aliphatic carbocycles. The van der Waals surface area contributed by atoms with Gasteiger partial charge in [-0.2, -0.15) is 0 Å². The molecule has 130 valence electrons. The molecule has 3 rings (SSSR count). The highest BCUT2D eigenvalue weighted by Crippen LogP contribution is 2.32. The van der Waals surface area contributed by atoms with Gasteiger partial charge in [0.15, 0.2) is 5.82 Å². The molecule has 6 nitrogen and oxygen atoms in total. The fraction of sp³-hybridized carbons (Fsp3) is 0.133. The zero-order valence-corrected chi connectivity index (χ0v) is 13.2. The largest absolute Gasteiger partial charge is 0.573 e. The lowest BCUT2D eigenvalue weighted by molar-refractivity contribution is -0.274. The van der Waals surface area contributed by atoms with E-state index in [1.165, 1.54) is 6.07 Å². The minimum Gasteiger partial charge on any atom is -0.487 e. The van der Waals surface area contributed by atoms with Crippen LogP contribution in [0, 0.1) is 0 Å². The van der Waals surface area contributed by atoms with E-state index < -0.39 is 12.1 Å². The van der Waals surface area contributed by atoms with Gasteiger partial charge in [-0.1, -0.05) is 29.8 Å². The summed E-state index contributed by atoms with van der Waals surface area (Å²) in [6.07, 6.45) is -4.78. The highest BCUT2D eigenvalue weighted by molar-refractivity contribution is 6.32. The minimum atomic E-state index is -4.78. The molecular formula is C15H10ClF3N4O2. The van der Waals surface area contributed by atoms with E-state index in [2.05, 4.69) is 25.4 Å². The summed E-state index contributed by atoms with van der Waals surface area (Å²) in [5.41, 5.74) is 1.58. The van der Waals surface area contributed by atoms with Gasteiger partial charge in [-0.05, 0) is 34.2 Å². The van der Waals surface area contributed by atoms with Crippen molar-refractivity contribution in [2.24, 2.45) is 0 Å². The second-order valence-electron chi connectivity index (χ2n) is 4.88. The van der Waals surface area contributed by atoms with Crippen LogP contribution in [0.3, 0.4) is 0 Å². The average molecular weight is 371 g/mol. The summed E-state index contributed by atoms with van der Waals surface area (Å²) in [6, 6.07) is 10.7. The zero-order chi connectivity index (χ0) is 17.9. The monoisotopic (exact) mass is 370 g/mol. The lowest BCUT2D eigenvalue weighted by atomic mass is 10.1. The maximum atomic E-state index is 12.2. The van der Waals surface area contributed by atoms with Gasteiger partial charge >= 0.3 is 6.36 Å². The molecule has 1 aromatic heterocycles. The third-order valence-corrected chi connectivity index (χ3v) is 3.37. The first-order valence-corrected chi connectivity index (χ1v) is 7.30. The predicted octanol–water partition coefficient (Wildman–Crippen LogP) is 4.00. The molecular weight excluding hydrogens is 361 g/mol. The van der Waals surface area contributed by atoms with Gasteiger partial charge < -0.3 is 9.47 Å². The molecule has 0 saturated carbocycles. The third kappa shape index (κ3) is 4.60. The Morgan fingerprint density at radius 3 is 2.64 bits per heavy atom. The molecule has 0 spiro atoms.